The van der Waals surface area contributed by atoms with E-state index in [1.807, 2.05) is 0 Å². The maximum atomic E-state index is 13.9. The predicted molar refractivity (Wildman–Crippen MR) is 186 cm³/mol. The summed E-state index contributed by atoms with van der Waals surface area (Å²) in [6, 6.07) is 12.0. The zero-order valence-electron chi connectivity index (χ0n) is 30.2. The largest absolute Gasteiger partial charge is 0.465 e. The van der Waals surface area contributed by atoms with Crippen LogP contribution < -0.4 is 5.73 Å². The minimum absolute atomic E-state index is 0.0133. The Morgan fingerprint density at radius 1 is 0.927 bits per heavy atom. The highest BCUT2D eigenvalue weighted by Gasteiger charge is 2.71. The lowest BCUT2D eigenvalue weighted by Crippen LogP contribution is -2.65. The second kappa shape index (κ2) is 14.3. The summed E-state index contributed by atoms with van der Waals surface area (Å²) in [6.45, 7) is 0.540. The predicted octanol–water partition coefficient (Wildman–Crippen LogP) is 5.57. The molecule has 7 rings (SSSR count). The number of halogens is 5. The van der Waals surface area contributed by atoms with Crippen LogP contribution in [0.15, 0.2) is 54.9 Å². The summed E-state index contributed by atoms with van der Waals surface area (Å²) >= 11 is 0. The van der Waals surface area contributed by atoms with Gasteiger partial charge >= 0.3 is 12.1 Å². The summed E-state index contributed by atoms with van der Waals surface area (Å²) in [7, 11) is 1.28. The summed E-state index contributed by atoms with van der Waals surface area (Å²) in [5, 5.41) is 4.32. The van der Waals surface area contributed by atoms with E-state index in [0.717, 1.165) is 0 Å². The summed E-state index contributed by atoms with van der Waals surface area (Å²) in [6.07, 6.45) is -2.38. The maximum absolute atomic E-state index is 13.9. The van der Waals surface area contributed by atoms with E-state index in [0.29, 0.717) is 22.3 Å². The van der Waals surface area contributed by atoms with Crippen molar-refractivity contribution in [1.29, 1.82) is 0 Å². The molecule has 2 aliphatic carbocycles. The van der Waals surface area contributed by atoms with Crippen molar-refractivity contribution >= 4 is 23.7 Å². The van der Waals surface area contributed by atoms with Gasteiger partial charge < -0.3 is 25.0 Å². The maximum Gasteiger partial charge on any atom is 0.403 e. The topological polar surface area (TPSA) is 137 Å². The number of nitrogens with two attached hydrogens (primary N) is 1. The van der Waals surface area contributed by atoms with Gasteiger partial charge in [-0.1, -0.05) is 36.4 Å². The number of rotatable bonds is 11. The molecule has 0 bridgehead atoms. The van der Waals surface area contributed by atoms with Crippen molar-refractivity contribution in [2.24, 2.45) is 22.5 Å². The van der Waals surface area contributed by atoms with Crippen molar-refractivity contribution in [2.45, 2.75) is 69.7 Å². The minimum Gasteiger partial charge on any atom is -0.465 e. The Hall–Kier alpha value is -4.86. The molecule has 4 aliphatic rings. The summed E-state index contributed by atoms with van der Waals surface area (Å²) < 4.78 is 82.0. The van der Waals surface area contributed by atoms with Gasteiger partial charge in [-0.25, -0.2) is 13.6 Å². The molecule has 3 heterocycles. The van der Waals surface area contributed by atoms with E-state index in [4.69, 9.17) is 15.2 Å². The first-order chi connectivity index (χ1) is 26.1. The number of amides is 3. The molecule has 4 fully saturated rings. The molecule has 1 aromatic heterocycles. The fourth-order valence-corrected chi connectivity index (χ4v) is 8.61. The van der Waals surface area contributed by atoms with Gasteiger partial charge in [-0.05, 0) is 54.4 Å². The molecule has 0 unspecified atom stereocenters. The van der Waals surface area contributed by atoms with Crippen LogP contribution in [0.4, 0.5) is 22.0 Å². The highest BCUT2D eigenvalue weighted by atomic mass is 19.4. The van der Waals surface area contributed by atoms with Gasteiger partial charge in [0.25, 0.3) is 5.91 Å². The summed E-state index contributed by atoms with van der Waals surface area (Å²) in [4.78, 5) is 54.8. The summed E-state index contributed by atoms with van der Waals surface area (Å²) in [5.74, 6) is -5.94. The van der Waals surface area contributed by atoms with Crippen LogP contribution in [-0.2, 0) is 27.4 Å². The highest BCUT2D eigenvalue weighted by Crippen LogP contribution is 2.60. The van der Waals surface area contributed by atoms with Gasteiger partial charge in [0.05, 0.1) is 44.2 Å². The van der Waals surface area contributed by atoms with E-state index in [1.54, 1.807) is 53.6 Å². The Kier molecular flexibility index (Phi) is 10.0. The van der Waals surface area contributed by atoms with Gasteiger partial charge in [-0.2, -0.15) is 18.3 Å². The first-order valence-corrected chi connectivity index (χ1v) is 18.3. The third-order valence-corrected chi connectivity index (χ3v) is 11.9. The van der Waals surface area contributed by atoms with Crippen LogP contribution in [0.2, 0.25) is 0 Å². The van der Waals surface area contributed by atoms with Crippen molar-refractivity contribution in [1.82, 2.24) is 19.6 Å². The van der Waals surface area contributed by atoms with Gasteiger partial charge in [0.2, 0.25) is 17.7 Å². The Labute approximate surface area is 313 Å². The van der Waals surface area contributed by atoms with Crippen molar-refractivity contribution in [3.63, 3.8) is 0 Å². The molecule has 3 amide bonds. The quantitative estimate of drug-likeness (QED) is 0.199. The molecular formula is C39H42F5N5O6. The van der Waals surface area contributed by atoms with Crippen LogP contribution in [0.25, 0.3) is 0 Å². The first kappa shape index (κ1) is 38.4. The fourth-order valence-electron chi connectivity index (χ4n) is 8.61. The molecule has 2 saturated carbocycles. The van der Waals surface area contributed by atoms with Gasteiger partial charge in [0.1, 0.15) is 5.41 Å². The molecule has 1 atom stereocenters. The number of ether oxygens (including phenoxy) is 2. The number of benzene rings is 2. The molecule has 1 spiro atoms. The van der Waals surface area contributed by atoms with Crippen molar-refractivity contribution < 1.29 is 50.6 Å². The van der Waals surface area contributed by atoms with E-state index in [9.17, 15) is 41.1 Å². The molecule has 2 N–H and O–H groups in total. The van der Waals surface area contributed by atoms with Crippen LogP contribution >= 0.6 is 0 Å². The van der Waals surface area contributed by atoms with Crippen molar-refractivity contribution in [3.8, 4) is 0 Å². The number of carbonyl (C=O) groups excluding carboxylic acids is 4. The molecule has 3 aromatic rings. The molecule has 2 aliphatic heterocycles. The number of likely N-dealkylation sites (tertiary alicyclic amines) is 2. The van der Waals surface area contributed by atoms with Crippen LogP contribution in [0.1, 0.15) is 92.2 Å². The Bertz CT molecular complexity index is 1980. The van der Waals surface area contributed by atoms with E-state index in [2.05, 4.69) is 5.10 Å². The summed E-state index contributed by atoms with van der Waals surface area (Å²) in [5.41, 5.74) is 5.25. The Balaban J connectivity index is 1.07. The van der Waals surface area contributed by atoms with Gasteiger partial charge in [0, 0.05) is 62.1 Å². The zero-order valence-corrected chi connectivity index (χ0v) is 30.2. The smallest absolute Gasteiger partial charge is 0.403 e. The average molecular weight is 772 g/mol. The van der Waals surface area contributed by atoms with Crippen LogP contribution in [0.5, 0.6) is 0 Å². The molecule has 2 saturated heterocycles. The number of methoxy groups -OCH3 is 1. The number of nitrogens with zero attached hydrogens (tertiary/aromatic N) is 4. The molecule has 0 radical (unpaired) electrons. The van der Waals surface area contributed by atoms with E-state index >= 15 is 0 Å². The molecule has 55 heavy (non-hydrogen) atoms. The van der Waals surface area contributed by atoms with Crippen molar-refractivity contribution in [2.75, 3.05) is 39.9 Å². The Morgan fingerprint density at radius 2 is 1.60 bits per heavy atom. The van der Waals surface area contributed by atoms with E-state index in [1.165, 1.54) is 22.9 Å². The van der Waals surface area contributed by atoms with Crippen LogP contribution in [0, 0.1) is 16.7 Å². The number of esters is 1. The van der Waals surface area contributed by atoms with Gasteiger partial charge in [-0.3, -0.25) is 19.1 Å². The third-order valence-electron chi connectivity index (χ3n) is 11.9. The second-order valence-corrected chi connectivity index (χ2v) is 15.5. The molecule has 2 aromatic carbocycles. The molecule has 16 heteroatoms. The van der Waals surface area contributed by atoms with E-state index < -0.39 is 40.7 Å². The van der Waals surface area contributed by atoms with Crippen molar-refractivity contribution in [3.05, 3.63) is 88.2 Å². The highest BCUT2D eigenvalue weighted by molar-refractivity contribution is 5.96. The number of primary amides is 1. The van der Waals surface area contributed by atoms with E-state index in [-0.39, 0.29) is 113 Å². The number of aromatic nitrogens is 2. The first-order valence-electron chi connectivity index (χ1n) is 18.3. The SMILES string of the molecule is COC(=O)c1ccccc1Cn1cc(C(=O)N2C[C@@H](COCc3cccc(C4CCC(F)(F)CC4)c3C(N)=O)C3(C2)CN(C(=O)C2(C(F)(F)F)CC2)C3)cn1. The van der Waals surface area contributed by atoms with Gasteiger partial charge in [-0.15, -0.1) is 0 Å². The second-order valence-electron chi connectivity index (χ2n) is 15.5. The van der Waals surface area contributed by atoms with Gasteiger partial charge in [0.15, 0.2) is 0 Å². The fraction of sp³-hybridized carbons (Fsp3) is 0.513. The third kappa shape index (κ3) is 7.32. The molecular weight excluding hydrogens is 729 g/mol. The molecule has 294 valence electrons. The number of alkyl halides is 5. The zero-order chi connectivity index (χ0) is 39.3. The molecule has 11 nitrogen and oxygen atoms in total. The number of carbonyl (C=O) groups is 4. The lowest BCUT2D eigenvalue weighted by Gasteiger charge is -2.51. The minimum atomic E-state index is -4.66. The normalized spacial score (nSPS) is 21.3. The lowest BCUT2D eigenvalue weighted by atomic mass is 9.71. The lowest BCUT2D eigenvalue weighted by molar-refractivity contribution is -0.205. The number of hydrogen-bond acceptors (Lipinski definition) is 7. The average Bonchev–Trinajstić information content (AvgIpc) is 3.70. The standard InChI is InChI=1S/C39H42F5N5O6/c1-54-34(52)30-7-3-2-5-25(30)16-49-17-27(15-46-49)33(51)47-18-28(36(21-47)22-48(23-36)35(53)37(13-14-37)39(42,43)44)20-55-19-26-6-4-8-29(31(26)32(45)50)24-9-11-38(40,41)12-10-24/h2-8,15,17,24,28H,9-14,16,18-23H2,1H3,(H2,45,50)/t28-/m0/s1. The van der Waals surface area contributed by atoms with Crippen LogP contribution in [-0.4, -0.2) is 95.3 Å². The monoisotopic (exact) mass is 771 g/mol. The number of hydrogen-bond donors (Lipinski definition) is 1. The van der Waals surface area contributed by atoms with Crippen LogP contribution in [0.3, 0.4) is 0 Å². The Morgan fingerprint density at radius 3 is 2.25 bits per heavy atom.